The summed E-state index contributed by atoms with van der Waals surface area (Å²) in [5.74, 6) is 1.56. The van der Waals surface area contributed by atoms with Crippen LogP contribution in [0, 0.1) is 11.8 Å². The minimum Gasteiger partial charge on any atom is -0.497 e. The van der Waals surface area contributed by atoms with E-state index >= 15 is 0 Å². The van der Waals surface area contributed by atoms with Gasteiger partial charge in [0.15, 0.2) is 0 Å². The van der Waals surface area contributed by atoms with Crippen molar-refractivity contribution in [2.24, 2.45) is 11.8 Å². The fourth-order valence-electron chi connectivity index (χ4n) is 5.64. The van der Waals surface area contributed by atoms with E-state index in [1.807, 2.05) is 30.9 Å². The maximum absolute atomic E-state index is 13.0. The van der Waals surface area contributed by atoms with Gasteiger partial charge >= 0.3 is 0 Å². The van der Waals surface area contributed by atoms with Gasteiger partial charge < -0.3 is 19.7 Å². The van der Waals surface area contributed by atoms with Crippen LogP contribution < -0.4 is 10.1 Å². The molecular weight excluding hydrogens is 406 g/mol. The van der Waals surface area contributed by atoms with Crippen LogP contribution in [-0.2, 0) is 20.9 Å². The maximum atomic E-state index is 13.0. The Labute approximate surface area is 191 Å². The number of nitrogens with one attached hydrogen (secondary N) is 1. The van der Waals surface area contributed by atoms with Crippen molar-refractivity contribution in [3.05, 3.63) is 29.8 Å². The minimum atomic E-state index is -0.129. The van der Waals surface area contributed by atoms with Crippen LogP contribution in [-0.4, -0.2) is 73.2 Å². The monoisotopic (exact) mass is 443 g/mol. The van der Waals surface area contributed by atoms with Gasteiger partial charge in [0, 0.05) is 50.6 Å². The summed E-state index contributed by atoms with van der Waals surface area (Å²) in [5, 5.41) is 2.99. The van der Waals surface area contributed by atoms with Crippen LogP contribution in [0.25, 0.3) is 0 Å². The van der Waals surface area contributed by atoms with E-state index in [1.165, 1.54) is 5.56 Å². The highest BCUT2D eigenvalue weighted by molar-refractivity contribution is 5.77. The van der Waals surface area contributed by atoms with Gasteiger partial charge in [0.05, 0.1) is 26.2 Å². The van der Waals surface area contributed by atoms with Gasteiger partial charge in [-0.2, -0.15) is 0 Å². The van der Waals surface area contributed by atoms with Crippen molar-refractivity contribution < 1.29 is 19.1 Å². The van der Waals surface area contributed by atoms with Crippen molar-refractivity contribution >= 4 is 11.8 Å². The number of fused-ring (bicyclic) bond motifs is 1. The van der Waals surface area contributed by atoms with E-state index in [4.69, 9.17) is 9.47 Å². The molecule has 4 rings (SSSR count). The number of nitrogens with zero attached hydrogens (tertiary/aromatic N) is 2. The van der Waals surface area contributed by atoms with E-state index < -0.39 is 0 Å². The highest BCUT2D eigenvalue weighted by atomic mass is 16.5. The number of rotatable bonds is 8. The van der Waals surface area contributed by atoms with Crippen LogP contribution in [0.4, 0.5) is 0 Å². The Morgan fingerprint density at radius 3 is 2.53 bits per heavy atom. The third kappa shape index (κ3) is 5.26. The maximum Gasteiger partial charge on any atom is 0.222 e. The third-order valence-electron chi connectivity index (χ3n) is 7.11. The SMILES string of the molecule is COc1ccc(CN2C[C@@H](CC(=O)N3CCCC3)[C@H]3[C@H](CC(=O)NC(C)C)OC[C@H]32)cc1. The van der Waals surface area contributed by atoms with Crippen LogP contribution in [0.3, 0.4) is 0 Å². The molecule has 0 aromatic heterocycles. The molecule has 3 heterocycles. The van der Waals surface area contributed by atoms with E-state index in [0.717, 1.165) is 44.8 Å². The van der Waals surface area contributed by atoms with E-state index in [-0.39, 0.29) is 41.8 Å². The van der Waals surface area contributed by atoms with Gasteiger partial charge in [-0.1, -0.05) is 12.1 Å². The largest absolute Gasteiger partial charge is 0.497 e. The highest BCUT2D eigenvalue weighted by Crippen LogP contribution is 2.42. The number of carbonyl (C=O) groups excluding carboxylic acids is 2. The molecule has 1 aromatic rings. The fraction of sp³-hybridized carbons (Fsp3) is 0.680. The molecule has 32 heavy (non-hydrogen) atoms. The van der Waals surface area contributed by atoms with Gasteiger partial charge in [0.25, 0.3) is 0 Å². The second-order valence-electron chi connectivity index (χ2n) is 9.77. The third-order valence-corrected chi connectivity index (χ3v) is 7.11. The lowest BCUT2D eigenvalue weighted by Crippen LogP contribution is -2.37. The summed E-state index contributed by atoms with van der Waals surface area (Å²) in [7, 11) is 1.67. The Bertz CT molecular complexity index is 791. The molecule has 7 nitrogen and oxygen atoms in total. The van der Waals surface area contributed by atoms with Crippen LogP contribution in [0.15, 0.2) is 24.3 Å². The highest BCUT2D eigenvalue weighted by Gasteiger charge is 2.51. The smallest absolute Gasteiger partial charge is 0.222 e. The number of amides is 2. The van der Waals surface area contributed by atoms with Crippen molar-refractivity contribution in [3.63, 3.8) is 0 Å². The molecule has 1 N–H and O–H groups in total. The predicted molar refractivity (Wildman–Crippen MR) is 122 cm³/mol. The topological polar surface area (TPSA) is 71.1 Å². The number of hydrogen-bond acceptors (Lipinski definition) is 5. The molecule has 0 spiro atoms. The lowest BCUT2D eigenvalue weighted by Gasteiger charge is -2.25. The van der Waals surface area contributed by atoms with Crippen molar-refractivity contribution in [1.82, 2.24) is 15.1 Å². The summed E-state index contributed by atoms with van der Waals surface area (Å²) in [6.45, 7) is 8.01. The number of methoxy groups -OCH3 is 1. The normalized spacial score (nSPS) is 27.7. The second-order valence-corrected chi connectivity index (χ2v) is 9.77. The summed E-state index contributed by atoms with van der Waals surface area (Å²) < 4.78 is 11.4. The lowest BCUT2D eigenvalue weighted by atomic mass is 9.84. The fourth-order valence-corrected chi connectivity index (χ4v) is 5.64. The number of carbonyl (C=O) groups is 2. The molecule has 176 valence electrons. The number of hydrogen-bond donors (Lipinski definition) is 1. The molecule has 0 radical (unpaired) electrons. The Morgan fingerprint density at radius 1 is 1.16 bits per heavy atom. The molecular formula is C25H37N3O4. The molecule has 0 saturated carbocycles. The van der Waals surface area contributed by atoms with Crippen molar-refractivity contribution in [3.8, 4) is 5.75 Å². The Kier molecular flexibility index (Phi) is 7.36. The Morgan fingerprint density at radius 2 is 1.88 bits per heavy atom. The molecule has 4 atom stereocenters. The summed E-state index contributed by atoms with van der Waals surface area (Å²) in [6, 6.07) is 8.52. The molecule has 2 amide bonds. The van der Waals surface area contributed by atoms with Gasteiger partial charge in [-0.25, -0.2) is 0 Å². The number of likely N-dealkylation sites (tertiary alicyclic amines) is 2. The molecule has 1 aromatic carbocycles. The van der Waals surface area contributed by atoms with Crippen LogP contribution >= 0.6 is 0 Å². The van der Waals surface area contributed by atoms with Gasteiger partial charge in [-0.3, -0.25) is 14.5 Å². The number of ether oxygens (including phenoxy) is 2. The summed E-state index contributed by atoms with van der Waals surface area (Å²) >= 11 is 0. The first-order chi connectivity index (χ1) is 15.4. The van der Waals surface area contributed by atoms with Gasteiger partial charge in [0.2, 0.25) is 11.8 Å². The lowest BCUT2D eigenvalue weighted by molar-refractivity contribution is -0.131. The summed E-state index contributed by atoms with van der Waals surface area (Å²) in [4.78, 5) is 29.9. The molecule has 7 heteroatoms. The van der Waals surface area contributed by atoms with Gasteiger partial charge in [0.1, 0.15) is 5.75 Å². The standard InChI is InChI=1S/C25H37N3O4/c1-17(2)26-23(29)13-22-25-19(12-24(30)27-10-4-5-11-27)15-28(21(25)16-32-22)14-18-6-8-20(31-3)9-7-18/h6-9,17,19,21-22,25H,4-5,10-16H2,1-3H3,(H,26,29)/t19-,21-,22+,25-/m1/s1. The first-order valence-corrected chi connectivity index (χ1v) is 12.0. The van der Waals surface area contributed by atoms with Crippen molar-refractivity contribution in [2.75, 3.05) is 33.4 Å². The summed E-state index contributed by atoms with van der Waals surface area (Å²) in [6.07, 6.45) is 2.99. The van der Waals surface area contributed by atoms with E-state index in [9.17, 15) is 9.59 Å². The van der Waals surface area contributed by atoms with E-state index in [2.05, 4.69) is 22.3 Å². The van der Waals surface area contributed by atoms with Crippen LogP contribution in [0.2, 0.25) is 0 Å². The zero-order valence-electron chi connectivity index (χ0n) is 19.6. The Balaban J connectivity index is 1.47. The average Bonchev–Trinajstić information content (AvgIpc) is 3.48. The van der Waals surface area contributed by atoms with E-state index in [1.54, 1.807) is 7.11 Å². The quantitative estimate of drug-likeness (QED) is 0.668. The molecule has 3 aliphatic heterocycles. The zero-order chi connectivity index (χ0) is 22.7. The second kappa shape index (κ2) is 10.2. The minimum absolute atomic E-state index is 0.0314. The first kappa shape index (κ1) is 23.1. The van der Waals surface area contributed by atoms with Gasteiger partial charge in [-0.05, 0) is 50.3 Å². The molecule has 3 aliphatic rings. The molecule has 3 fully saturated rings. The summed E-state index contributed by atoms with van der Waals surface area (Å²) in [5.41, 5.74) is 1.22. The van der Waals surface area contributed by atoms with Crippen molar-refractivity contribution in [1.29, 1.82) is 0 Å². The zero-order valence-corrected chi connectivity index (χ0v) is 19.6. The molecule has 3 saturated heterocycles. The Hall–Kier alpha value is -2.12. The van der Waals surface area contributed by atoms with Crippen LogP contribution in [0.1, 0.15) is 45.1 Å². The predicted octanol–water partition coefficient (Wildman–Crippen LogP) is 2.44. The number of benzene rings is 1. The molecule has 0 bridgehead atoms. The van der Waals surface area contributed by atoms with Crippen LogP contribution in [0.5, 0.6) is 5.75 Å². The van der Waals surface area contributed by atoms with Crippen molar-refractivity contribution in [2.45, 2.75) is 64.3 Å². The van der Waals surface area contributed by atoms with Gasteiger partial charge in [-0.15, -0.1) is 0 Å². The first-order valence-electron chi connectivity index (χ1n) is 12.0. The molecule has 0 aliphatic carbocycles. The average molecular weight is 444 g/mol. The molecule has 0 unspecified atom stereocenters. The van der Waals surface area contributed by atoms with E-state index in [0.29, 0.717) is 19.4 Å².